The monoisotopic (exact) mass is 220 g/mol. The summed E-state index contributed by atoms with van der Waals surface area (Å²) in [7, 11) is 0. The van der Waals surface area contributed by atoms with E-state index in [2.05, 4.69) is 10.1 Å². The van der Waals surface area contributed by atoms with Gasteiger partial charge in [0.2, 0.25) is 5.89 Å². The van der Waals surface area contributed by atoms with Crippen molar-refractivity contribution in [1.29, 1.82) is 0 Å². The molecule has 16 heavy (non-hydrogen) atoms. The Bertz CT molecular complexity index is 444. The molecule has 1 aliphatic heterocycles. The number of nitrogens with zero attached hydrogens (tertiary/aromatic N) is 2. The number of ether oxygens (including phenoxy) is 1. The Morgan fingerprint density at radius 1 is 1.44 bits per heavy atom. The summed E-state index contributed by atoms with van der Waals surface area (Å²) in [5, 5.41) is 3.98. The third-order valence-corrected chi connectivity index (χ3v) is 2.71. The predicted octanol–water partition coefficient (Wildman–Crippen LogP) is 1.76. The maximum atomic E-state index is 5.29. The van der Waals surface area contributed by atoms with E-state index in [0.29, 0.717) is 24.8 Å². The van der Waals surface area contributed by atoms with Crippen LogP contribution in [-0.4, -0.2) is 23.4 Å². The second-order valence-corrected chi connectivity index (χ2v) is 3.92. The fourth-order valence-electron chi connectivity index (χ4n) is 1.81. The van der Waals surface area contributed by atoms with E-state index in [1.807, 2.05) is 6.07 Å². The minimum Gasteiger partial charge on any atom is -0.472 e. The zero-order valence-corrected chi connectivity index (χ0v) is 8.76. The lowest BCUT2D eigenvalue weighted by Crippen LogP contribution is -2.00. The predicted molar refractivity (Wildman–Crippen MR) is 54.0 cm³/mol. The Hall–Kier alpha value is -1.62. The van der Waals surface area contributed by atoms with Crippen LogP contribution in [0.15, 0.2) is 27.5 Å². The largest absolute Gasteiger partial charge is 0.472 e. The summed E-state index contributed by atoms with van der Waals surface area (Å²) in [5.41, 5.74) is 1.04. The fraction of sp³-hybridized carbons (Fsp3) is 0.455. The third kappa shape index (κ3) is 1.86. The van der Waals surface area contributed by atoms with Crippen molar-refractivity contribution in [2.24, 2.45) is 0 Å². The van der Waals surface area contributed by atoms with Gasteiger partial charge in [0, 0.05) is 12.5 Å². The van der Waals surface area contributed by atoms with E-state index in [-0.39, 0.29) is 0 Å². The van der Waals surface area contributed by atoms with Gasteiger partial charge < -0.3 is 13.7 Å². The lowest BCUT2D eigenvalue weighted by molar-refractivity contribution is 0.192. The van der Waals surface area contributed by atoms with Crippen molar-refractivity contribution >= 4 is 0 Å². The summed E-state index contributed by atoms with van der Waals surface area (Å²) in [6, 6.07) is 1.89. The molecule has 0 saturated carbocycles. The van der Waals surface area contributed by atoms with Gasteiger partial charge in [0.25, 0.3) is 0 Å². The molecule has 0 aliphatic carbocycles. The van der Waals surface area contributed by atoms with E-state index in [9.17, 15) is 0 Å². The van der Waals surface area contributed by atoms with E-state index < -0.39 is 0 Å². The molecule has 0 amide bonds. The number of hydrogen-bond acceptors (Lipinski definition) is 5. The van der Waals surface area contributed by atoms with Crippen molar-refractivity contribution in [2.75, 3.05) is 13.2 Å². The van der Waals surface area contributed by atoms with Crippen molar-refractivity contribution in [3.63, 3.8) is 0 Å². The van der Waals surface area contributed by atoms with Gasteiger partial charge in [-0.2, -0.15) is 4.98 Å². The van der Waals surface area contributed by atoms with Crippen LogP contribution in [0.5, 0.6) is 0 Å². The number of rotatable bonds is 3. The topological polar surface area (TPSA) is 61.3 Å². The lowest BCUT2D eigenvalue weighted by Gasteiger charge is -1.97. The van der Waals surface area contributed by atoms with Gasteiger partial charge in [-0.25, -0.2) is 0 Å². The zero-order chi connectivity index (χ0) is 10.8. The van der Waals surface area contributed by atoms with Crippen molar-refractivity contribution in [2.45, 2.75) is 18.8 Å². The smallest absolute Gasteiger partial charge is 0.231 e. The minimum absolute atomic E-state index is 0.293. The summed E-state index contributed by atoms with van der Waals surface area (Å²) in [4.78, 5) is 4.37. The van der Waals surface area contributed by atoms with E-state index in [1.165, 1.54) is 0 Å². The first-order valence-electron chi connectivity index (χ1n) is 5.33. The van der Waals surface area contributed by atoms with E-state index in [1.54, 1.807) is 12.5 Å². The molecule has 84 valence electrons. The lowest BCUT2D eigenvalue weighted by atomic mass is 10.1. The Kier molecular flexibility index (Phi) is 2.46. The first kappa shape index (κ1) is 9.59. The zero-order valence-electron chi connectivity index (χ0n) is 8.76. The molecule has 0 bridgehead atoms. The molecule has 0 aromatic carbocycles. The molecule has 2 aromatic heterocycles. The SMILES string of the molecule is c1cc(Cc2nc([C@H]3CCOC3)no2)co1. The van der Waals surface area contributed by atoms with Gasteiger partial charge in [0.05, 0.1) is 25.6 Å². The van der Waals surface area contributed by atoms with Crippen molar-refractivity contribution in [1.82, 2.24) is 10.1 Å². The summed E-state index contributed by atoms with van der Waals surface area (Å²) in [6.45, 7) is 1.49. The Balaban J connectivity index is 1.72. The highest BCUT2D eigenvalue weighted by molar-refractivity contribution is 5.11. The minimum atomic E-state index is 0.293. The highest BCUT2D eigenvalue weighted by Crippen LogP contribution is 2.22. The van der Waals surface area contributed by atoms with E-state index in [0.717, 1.165) is 24.4 Å². The number of aromatic nitrogens is 2. The van der Waals surface area contributed by atoms with Crippen LogP contribution in [0.25, 0.3) is 0 Å². The first-order chi connectivity index (χ1) is 7.92. The van der Waals surface area contributed by atoms with Crippen molar-refractivity contribution in [3.8, 4) is 0 Å². The number of hydrogen-bond donors (Lipinski definition) is 0. The van der Waals surface area contributed by atoms with Gasteiger partial charge in [0.1, 0.15) is 0 Å². The van der Waals surface area contributed by atoms with Crippen LogP contribution in [0.4, 0.5) is 0 Å². The summed E-state index contributed by atoms with van der Waals surface area (Å²) < 4.78 is 15.5. The average molecular weight is 220 g/mol. The maximum absolute atomic E-state index is 5.29. The standard InChI is InChI=1S/C11H12N2O3/c1-3-14-6-8(1)5-10-12-11(13-16-10)9-2-4-15-7-9/h1,3,6,9H,2,4-5,7H2/t9-/m0/s1. The summed E-state index contributed by atoms with van der Waals surface area (Å²) in [5.74, 6) is 1.68. The van der Waals surface area contributed by atoms with Crippen LogP contribution in [0.1, 0.15) is 29.6 Å². The Morgan fingerprint density at radius 3 is 3.19 bits per heavy atom. The highest BCUT2D eigenvalue weighted by Gasteiger charge is 2.23. The van der Waals surface area contributed by atoms with Crippen LogP contribution in [-0.2, 0) is 11.2 Å². The Labute approximate surface area is 92.4 Å². The van der Waals surface area contributed by atoms with E-state index in [4.69, 9.17) is 13.7 Å². The molecule has 1 fully saturated rings. The van der Waals surface area contributed by atoms with Gasteiger partial charge >= 0.3 is 0 Å². The molecule has 0 radical (unpaired) electrons. The van der Waals surface area contributed by atoms with Crippen molar-refractivity contribution < 1.29 is 13.7 Å². The molecule has 5 nitrogen and oxygen atoms in total. The third-order valence-electron chi connectivity index (χ3n) is 2.71. The maximum Gasteiger partial charge on any atom is 0.231 e. The molecular formula is C11H12N2O3. The second-order valence-electron chi connectivity index (χ2n) is 3.92. The van der Waals surface area contributed by atoms with E-state index >= 15 is 0 Å². The quantitative estimate of drug-likeness (QED) is 0.788. The van der Waals surface area contributed by atoms with Gasteiger partial charge in [0.15, 0.2) is 5.82 Å². The van der Waals surface area contributed by atoms with Gasteiger partial charge in [-0.3, -0.25) is 0 Å². The molecular weight excluding hydrogens is 208 g/mol. The first-order valence-corrected chi connectivity index (χ1v) is 5.33. The van der Waals surface area contributed by atoms with Crippen LogP contribution in [0.3, 0.4) is 0 Å². The molecule has 0 N–H and O–H groups in total. The van der Waals surface area contributed by atoms with Gasteiger partial charge in [-0.1, -0.05) is 5.16 Å². The average Bonchev–Trinajstić information content (AvgIpc) is 2.99. The normalized spacial score (nSPS) is 20.4. The summed E-state index contributed by atoms with van der Waals surface area (Å²) >= 11 is 0. The molecule has 2 aromatic rings. The molecule has 5 heteroatoms. The van der Waals surface area contributed by atoms with Crippen LogP contribution in [0, 0.1) is 0 Å². The molecule has 3 rings (SSSR count). The molecule has 1 atom stereocenters. The van der Waals surface area contributed by atoms with Gasteiger partial charge in [-0.15, -0.1) is 0 Å². The Morgan fingerprint density at radius 2 is 2.44 bits per heavy atom. The molecule has 0 unspecified atom stereocenters. The van der Waals surface area contributed by atoms with Crippen LogP contribution in [0.2, 0.25) is 0 Å². The number of furan rings is 1. The van der Waals surface area contributed by atoms with Crippen LogP contribution >= 0.6 is 0 Å². The molecule has 0 spiro atoms. The van der Waals surface area contributed by atoms with Gasteiger partial charge in [-0.05, 0) is 18.1 Å². The molecule has 1 saturated heterocycles. The molecule has 1 aliphatic rings. The molecule has 3 heterocycles. The highest BCUT2D eigenvalue weighted by atomic mass is 16.5. The van der Waals surface area contributed by atoms with Crippen LogP contribution < -0.4 is 0 Å². The second kappa shape index (κ2) is 4.09. The fourth-order valence-corrected chi connectivity index (χ4v) is 1.81. The van der Waals surface area contributed by atoms with Crippen molar-refractivity contribution in [3.05, 3.63) is 35.9 Å². The summed E-state index contributed by atoms with van der Waals surface area (Å²) in [6.07, 6.45) is 4.92.